The maximum absolute atomic E-state index is 14.7. The molecule has 0 bridgehead atoms. The van der Waals surface area contributed by atoms with Crippen LogP contribution < -0.4 is 21.3 Å². The van der Waals surface area contributed by atoms with Crippen LogP contribution in [0.15, 0.2) is 12.7 Å². The van der Waals surface area contributed by atoms with E-state index in [9.17, 15) is 32.4 Å². The van der Waals surface area contributed by atoms with Crippen LogP contribution in [0.1, 0.15) is 80.1 Å². The minimum absolute atomic E-state index is 0.0401. The SMILES string of the molecule is C=CCNC(=O)C(=O)C(CC1CCC1)NC(=O)[C@@H]1[C@H]2CC3C4CC34[C@H]2CN1C(=O)[C@@H](NC(=O)N[C@H](CN(C)S(C)(=O)=O)C(C)(C)C)C(C)(C)C. The Morgan fingerprint density at radius 1 is 0.980 bits per heavy atom. The number of amides is 5. The number of sulfonamides is 1. The molecule has 13 nitrogen and oxygen atoms in total. The van der Waals surface area contributed by atoms with Crippen LogP contribution in [-0.2, 0) is 29.2 Å². The second kappa shape index (κ2) is 13.5. The molecule has 1 spiro atoms. The van der Waals surface area contributed by atoms with E-state index >= 15 is 0 Å². The van der Waals surface area contributed by atoms with Crippen LogP contribution in [0.25, 0.3) is 0 Å². The molecule has 50 heavy (non-hydrogen) atoms. The number of hydrogen-bond donors (Lipinski definition) is 4. The minimum Gasteiger partial charge on any atom is -0.346 e. The third-order valence-corrected chi connectivity index (χ3v) is 13.7. The zero-order valence-corrected chi connectivity index (χ0v) is 31.8. The lowest BCUT2D eigenvalue weighted by molar-refractivity contribution is -0.144. The fourth-order valence-electron chi connectivity index (χ4n) is 8.83. The molecule has 5 fully saturated rings. The van der Waals surface area contributed by atoms with E-state index in [1.807, 2.05) is 41.5 Å². The second-order valence-corrected chi connectivity index (χ2v) is 19.9. The van der Waals surface area contributed by atoms with Crippen molar-refractivity contribution in [1.82, 2.24) is 30.5 Å². The van der Waals surface area contributed by atoms with Crippen molar-refractivity contribution >= 4 is 39.6 Å². The number of ketones is 1. The van der Waals surface area contributed by atoms with E-state index in [-0.39, 0.29) is 42.2 Å². The number of Topliss-reactive ketones (excluding diaryl/α,β-unsaturated/α-hetero) is 1. The molecule has 5 aliphatic rings. The highest BCUT2D eigenvalue weighted by Gasteiger charge is 2.87. The number of carbonyl (C=O) groups excluding carboxylic acids is 5. The number of fused-ring (bicyclic) bond motifs is 2. The third kappa shape index (κ3) is 7.47. The van der Waals surface area contributed by atoms with Crippen molar-refractivity contribution in [2.24, 2.45) is 45.8 Å². The fraction of sp³-hybridized carbons (Fsp3) is 0.806. The Morgan fingerprint density at radius 3 is 2.16 bits per heavy atom. The Kier molecular flexibility index (Phi) is 10.3. The molecule has 1 heterocycles. The van der Waals surface area contributed by atoms with Crippen LogP contribution in [0, 0.1) is 45.8 Å². The molecule has 0 radical (unpaired) electrons. The monoisotopic (exact) mass is 718 g/mol. The molecule has 1 aliphatic heterocycles. The molecule has 1 saturated heterocycles. The number of urea groups is 1. The van der Waals surface area contributed by atoms with Crippen LogP contribution in [0.5, 0.6) is 0 Å². The number of nitrogens with zero attached hydrogens (tertiary/aromatic N) is 2. The smallest absolute Gasteiger partial charge is 0.315 e. The van der Waals surface area contributed by atoms with Gasteiger partial charge in [-0.05, 0) is 65.1 Å². The summed E-state index contributed by atoms with van der Waals surface area (Å²) < 4.78 is 25.5. The van der Waals surface area contributed by atoms with Gasteiger partial charge in [0, 0.05) is 32.7 Å². The zero-order valence-electron chi connectivity index (χ0n) is 31.0. The molecule has 0 aromatic carbocycles. The lowest BCUT2D eigenvalue weighted by Gasteiger charge is -2.38. The second-order valence-electron chi connectivity index (χ2n) is 17.8. The maximum Gasteiger partial charge on any atom is 0.315 e. The summed E-state index contributed by atoms with van der Waals surface area (Å²) in [6, 6.07) is -4.03. The van der Waals surface area contributed by atoms with Gasteiger partial charge in [-0.25, -0.2) is 17.5 Å². The third-order valence-electron chi connectivity index (χ3n) is 12.4. The molecule has 0 aromatic rings. The van der Waals surface area contributed by atoms with E-state index in [1.54, 1.807) is 4.90 Å². The number of rotatable bonds is 14. The Balaban J connectivity index is 1.37. The number of likely N-dealkylation sites (N-methyl/N-ethyl adjacent to an activating group) is 1. The van der Waals surface area contributed by atoms with Crippen molar-refractivity contribution in [3.05, 3.63) is 12.7 Å². The average molecular weight is 719 g/mol. The zero-order chi connectivity index (χ0) is 37.1. The first-order chi connectivity index (χ1) is 23.1. The summed E-state index contributed by atoms with van der Waals surface area (Å²) in [5.41, 5.74) is -1.07. The molecular formula is C36H58N6O7S. The highest BCUT2D eigenvalue weighted by molar-refractivity contribution is 7.88. The molecule has 5 rings (SSSR count). The Hall–Kier alpha value is -3.00. The van der Waals surface area contributed by atoms with Gasteiger partial charge in [-0.1, -0.05) is 66.9 Å². The molecule has 4 saturated carbocycles. The first-order valence-electron chi connectivity index (χ1n) is 18.1. The van der Waals surface area contributed by atoms with Crippen LogP contribution in [0.3, 0.4) is 0 Å². The van der Waals surface area contributed by atoms with Crippen molar-refractivity contribution < 1.29 is 32.4 Å². The highest BCUT2D eigenvalue weighted by Crippen LogP contribution is 2.90. The van der Waals surface area contributed by atoms with Crippen LogP contribution in [0.2, 0.25) is 0 Å². The van der Waals surface area contributed by atoms with Gasteiger partial charge >= 0.3 is 6.03 Å². The fourth-order valence-corrected chi connectivity index (χ4v) is 9.25. The molecule has 280 valence electrons. The first-order valence-corrected chi connectivity index (χ1v) is 20.0. The van der Waals surface area contributed by atoms with Crippen molar-refractivity contribution in [3.8, 4) is 0 Å². The van der Waals surface area contributed by atoms with Crippen LogP contribution in [0.4, 0.5) is 4.79 Å². The highest BCUT2D eigenvalue weighted by atomic mass is 32.2. The summed E-state index contributed by atoms with van der Waals surface area (Å²) in [6.07, 6.45) is 7.82. The number of carbonyl (C=O) groups is 5. The largest absolute Gasteiger partial charge is 0.346 e. The Bertz CT molecular complexity index is 1510. The van der Waals surface area contributed by atoms with E-state index in [2.05, 4.69) is 27.8 Å². The van der Waals surface area contributed by atoms with Gasteiger partial charge < -0.3 is 26.2 Å². The molecule has 4 unspecified atom stereocenters. The molecular weight excluding hydrogens is 660 g/mol. The van der Waals surface area contributed by atoms with Crippen LogP contribution in [-0.4, -0.2) is 104 Å². The molecule has 5 amide bonds. The van der Waals surface area contributed by atoms with Gasteiger partial charge in [-0.3, -0.25) is 19.2 Å². The minimum atomic E-state index is -3.50. The summed E-state index contributed by atoms with van der Waals surface area (Å²) in [5.74, 6) is -0.707. The van der Waals surface area contributed by atoms with E-state index in [1.165, 1.54) is 17.4 Å². The summed E-state index contributed by atoms with van der Waals surface area (Å²) >= 11 is 0. The summed E-state index contributed by atoms with van der Waals surface area (Å²) in [7, 11) is -2.05. The standard InChI is InChI=1S/C36H58N6O7S/c1-10-14-37-31(45)28(43)25(15-20-12-11-13-20)38-30(44)27-21-16-22-23-17-36(22,23)24(21)18-42(27)32(46)29(35(5,6)7)40-33(47)39-26(34(2,3)4)19-41(8)50(9,48)49/h10,20-27,29H,1,11-19H2,2-9H3,(H,37,45)(H,38,44)(H2,39,40,47)/t21-,22?,23?,24-,25?,26+,27-,29+,36?/m0/s1. The van der Waals surface area contributed by atoms with E-state index < -0.39 is 68.6 Å². The van der Waals surface area contributed by atoms with Gasteiger partial charge in [-0.2, -0.15) is 0 Å². The first kappa shape index (κ1) is 38.2. The molecule has 9 atom stereocenters. The van der Waals surface area contributed by atoms with Gasteiger partial charge in [0.2, 0.25) is 27.6 Å². The topological polar surface area (TPSA) is 174 Å². The Labute approximate surface area is 297 Å². The summed E-state index contributed by atoms with van der Waals surface area (Å²) in [5, 5.41) is 11.3. The average Bonchev–Trinajstić information content (AvgIpc) is 3.78. The lowest BCUT2D eigenvalue weighted by atomic mass is 9.80. The number of hydrogen-bond acceptors (Lipinski definition) is 7. The molecule has 4 aliphatic carbocycles. The predicted octanol–water partition coefficient (Wildman–Crippen LogP) is 2.04. The number of likely N-dealkylation sites (tertiary alicyclic amines) is 1. The quantitative estimate of drug-likeness (QED) is 0.157. The van der Waals surface area contributed by atoms with E-state index in [0.29, 0.717) is 24.8 Å². The maximum atomic E-state index is 14.7. The van der Waals surface area contributed by atoms with Gasteiger partial charge in [0.05, 0.1) is 12.3 Å². The van der Waals surface area contributed by atoms with Crippen molar-refractivity contribution in [2.75, 3.05) is 32.9 Å². The van der Waals surface area contributed by atoms with Crippen molar-refractivity contribution in [1.29, 1.82) is 0 Å². The molecule has 0 aromatic heterocycles. The summed E-state index contributed by atoms with van der Waals surface area (Å²) in [6.45, 7) is 15.4. The van der Waals surface area contributed by atoms with Gasteiger partial charge in [0.25, 0.3) is 5.91 Å². The van der Waals surface area contributed by atoms with Crippen LogP contribution >= 0.6 is 0 Å². The van der Waals surface area contributed by atoms with Crippen molar-refractivity contribution in [3.63, 3.8) is 0 Å². The van der Waals surface area contributed by atoms with Gasteiger partial charge in [0.1, 0.15) is 12.1 Å². The normalized spacial score (nSPS) is 30.1. The predicted molar refractivity (Wildman–Crippen MR) is 189 cm³/mol. The van der Waals surface area contributed by atoms with Gasteiger partial charge in [0.15, 0.2) is 0 Å². The van der Waals surface area contributed by atoms with Crippen molar-refractivity contribution in [2.45, 2.75) is 104 Å². The lowest BCUT2D eigenvalue weighted by Crippen LogP contribution is -2.62. The molecule has 4 N–H and O–H groups in total. The number of nitrogens with one attached hydrogen (secondary N) is 4. The van der Waals surface area contributed by atoms with Gasteiger partial charge in [-0.15, -0.1) is 6.58 Å². The summed E-state index contributed by atoms with van der Waals surface area (Å²) in [4.78, 5) is 70.3. The van der Waals surface area contributed by atoms with E-state index in [0.717, 1.165) is 38.4 Å². The van der Waals surface area contributed by atoms with E-state index in [4.69, 9.17) is 0 Å². The Morgan fingerprint density at radius 2 is 1.64 bits per heavy atom. The molecule has 14 heteroatoms.